The SMILES string of the molecule is CCOC(=O)CC(=O)CCCOCc1ccccc1.O=C(O)CCCOCc1ccccc1. The van der Waals surface area contributed by atoms with E-state index in [9.17, 15) is 14.4 Å². The fourth-order valence-corrected chi connectivity index (χ4v) is 2.69. The highest BCUT2D eigenvalue weighted by molar-refractivity contribution is 5.95. The van der Waals surface area contributed by atoms with E-state index in [1.165, 1.54) is 0 Å². The summed E-state index contributed by atoms with van der Waals surface area (Å²) in [7, 11) is 0. The molecule has 180 valence electrons. The minimum atomic E-state index is -0.770. The van der Waals surface area contributed by atoms with Crippen molar-refractivity contribution in [3.63, 3.8) is 0 Å². The molecule has 0 atom stereocenters. The predicted molar refractivity (Wildman–Crippen MR) is 125 cm³/mol. The van der Waals surface area contributed by atoms with Crippen LogP contribution < -0.4 is 0 Å². The highest BCUT2D eigenvalue weighted by Crippen LogP contribution is 2.03. The van der Waals surface area contributed by atoms with Crippen molar-refractivity contribution in [3.05, 3.63) is 71.8 Å². The number of ether oxygens (including phenoxy) is 3. The molecule has 0 unspecified atom stereocenters. The number of esters is 1. The normalized spacial score (nSPS) is 10.1. The maximum atomic E-state index is 11.4. The van der Waals surface area contributed by atoms with Crippen LogP contribution in [0.2, 0.25) is 0 Å². The first-order valence-electron chi connectivity index (χ1n) is 11.1. The second-order valence-electron chi connectivity index (χ2n) is 7.20. The standard InChI is InChI=1S/C15H20O4.C11H14O3/c1-2-19-15(17)11-14(16)9-6-10-18-12-13-7-4-3-5-8-13;12-11(13)7-4-8-14-9-10-5-2-1-3-6-10/h3-5,7-8H,2,6,9-12H2,1H3;1-3,5-6H,4,7-9H2,(H,12,13). The zero-order chi connectivity index (χ0) is 24.2. The molecule has 0 aliphatic heterocycles. The van der Waals surface area contributed by atoms with Crippen molar-refractivity contribution in [2.45, 2.75) is 52.2 Å². The first-order chi connectivity index (χ1) is 16.0. The van der Waals surface area contributed by atoms with Gasteiger partial charge in [-0.15, -0.1) is 0 Å². The molecular formula is C26H34O7. The van der Waals surface area contributed by atoms with Crippen molar-refractivity contribution in [3.8, 4) is 0 Å². The molecule has 1 N–H and O–H groups in total. The second-order valence-corrected chi connectivity index (χ2v) is 7.20. The van der Waals surface area contributed by atoms with Gasteiger partial charge in [0, 0.05) is 26.1 Å². The van der Waals surface area contributed by atoms with Gasteiger partial charge in [-0.05, 0) is 30.9 Å². The topological polar surface area (TPSA) is 99.1 Å². The molecule has 2 rings (SSSR count). The van der Waals surface area contributed by atoms with Gasteiger partial charge in [0.15, 0.2) is 0 Å². The van der Waals surface area contributed by atoms with Gasteiger partial charge < -0.3 is 19.3 Å². The van der Waals surface area contributed by atoms with Crippen LogP contribution in [-0.2, 0) is 41.8 Å². The van der Waals surface area contributed by atoms with Crippen LogP contribution in [0.25, 0.3) is 0 Å². The summed E-state index contributed by atoms with van der Waals surface area (Å²) in [4.78, 5) is 32.6. The van der Waals surface area contributed by atoms with Gasteiger partial charge in [0.2, 0.25) is 0 Å². The number of hydrogen-bond acceptors (Lipinski definition) is 6. The van der Waals surface area contributed by atoms with E-state index in [-0.39, 0.29) is 18.6 Å². The lowest BCUT2D eigenvalue weighted by atomic mass is 10.2. The summed E-state index contributed by atoms with van der Waals surface area (Å²) in [6.07, 6.45) is 1.60. The zero-order valence-corrected chi connectivity index (χ0v) is 19.2. The summed E-state index contributed by atoms with van der Waals surface area (Å²) < 4.78 is 15.5. The third-order valence-corrected chi connectivity index (χ3v) is 4.29. The van der Waals surface area contributed by atoms with Crippen molar-refractivity contribution in [1.29, 1.82) is 0 Å². The van der Waals surface area contributed by atoms with E-state index in [0.717, 1.165) is 11.1 Å². The molecule has 33 heavy (non-hydrogen) atoms. The fourth-order valence-electron chi connectivity index (χ4n) is 2.69. The highest BCUT2D eigenvalue weighted by atomic mass is 16.5. The van der Waals surface area contributed by atoms with Crippen LogP contribution in [0.3, 0.4) is 0 Å². The third-order valence-electron chi connectivity index (χ3n) is 4.29. The first kappa shape index (κ1) is 28.0. The van der Waals surface area contributed by atoms with Crippen LogP contribution in [0.5, 0.6) is 0 Å². The van der Waals surface area contributed by atoms with E-state index in [0.29, 0.717) is 52.3 Å². The first-order valence-corrected chi connectivity index (χ1v) is 11.1. The zero-order valence-electron chi connectivity index (χ0n) is 19.2. The molecule has 0 aliphatic carbocycles. The van der Waals surface area contributed by atoms with Gasteiger partial charge >= 0.3 is 11.9 Å². The molecule has 0 spiro atoms. The molecular weight excluding hydrogens is 424 g/mol. The summed E-state index contributed by atoms with van der Waals surface area (Å²) in [6.45, 7) is 4.16. The predicted octanol–water partition coefficient (Wildman–Crippen LogP) is 4.57. The third kappa shape index (κ3) is 16.3. The van der Waals surface area contributed by atoms with Gasteiger partial charge in [-0.2, -0.15) is 0 Å². The lowest BCUT2D eigenvalue weighted by Gasteiger charge is -2.04. The molecule has 0 saturated carbocycles. The Kier molecular flexibility index (Phi) is 15.7. The Morgan fingerprint density at radius 1 is 0.758 bits per heavy atom. The van der Waals surface area contributed by atoms with Crippen molar-refractivity contribution in [1.82, 2.24) is 0 Å². The Hall–Kier alpha value is -3.03. The van der Waals surface area contributed by atoms with E-state index in [2.05, 4.69) is 0 Å². The van der Waals surface area contributed by atoms with Crippen molar-refractivity contribution < 1.29 is 33.7 Å². The molecule has 2 aromatic rings. The summed E-state index contributed by atoms with van der Waals surface area (Å²) in [5, 5.41) is 8.37. The molecule has 0 fully saturated rings. The molecule has 0 bridgehead atoms. The van der Waals surface area contributed by atoms with Gasteiger partial charge in [-0.1, -0.05) is 60.7 Å². The second kappa shape index (κ2) is 18.5. The highest BCUT2D eigenvalue weighted by Gasteiger charge is 2.09. The maximum Gasteiger partial charge on any atom is 0.313 e. The molecule has 2 aromatic carbocycles. The van der Waals surface area contributed by atoms with Crippen LogP contribution >= 0.6 is 0 Å². The lowest BCUT2D eigenvalue weighted by Crippen LogP contribution is -2.11. The summed E-state index contributed by atoms with van der Waals surface area (Å²) in [6, 6.07) is 19.7. The number of hydrogen-bond donors (Lipinski definition) is 1. The van der Waals surface area contributed by atoms with Crippen molar-refractivity contribution in [2.24, 2.45) is 0 Å². The van der Waals surface area contributed by atoms with Gasteiger partial charge in [-0.3, -0.25) is 14.4 Å². The largest absolute Gasteiger partial charge is 0.481 e. The van der Waals surface area contributed by atoms with E-state index in [1.54, 1.807) is 6.92 Å². The number of carbonyl (C=O) groups excluding carboxylic acids is 2. The number of benzene rings is 2. The molecule has 0 radical (unpaired) electrons. The molecule has 0 heterocycles. The summed E-state index contributed by atoms with van der Waals surface area (Å²) in [5.41, 5.74) is 2.23. The van der Waals surface area contributed by atoms with Crippen LogP contribution in [0.4, 0.5) is 0 Å². The molecule has 0 aromatic heterocycles. The minimum absolute atomic E-state index is 0.0956. The van der Waals surface area contributed by atoms with E-state index in [4.69, 9.17) is 19.3 Å². The summed E-state index contributed by atoms with van der Waals surface area (Å²) >= 11 is 0. The van der Waals surface area contributed by atoms with Gasteiger partial charge in [0.25, 0.3) is 0 Å². The average molecular weight is 459 g/mol. The van der Waals surface area contributed by atoms with Crippen molar-refractivity contribution in [2.75, 3.05) is 19.8 Å². The Morgan fingerprint density at radius 3 is 1.70 bits per heavy atom. The average Bonchev–Trinajstić information content (AvgIpc) is 2.80. The van der Waals surface area contributed by atoms with E-state index < -0.39 is 11.9 Å². The van der Waals surface area contributed by atoms with Crippen LogP contribution in [0, 0.1) is 0 Å². The van der Waals surface area contributed by atoms with Crippen LogP contribution in [0.1, 0.15) is 50.2 Å². The number of ketones is 1. The number of aliphatic carboxylic acids is 1. The molecule has 7 nitrogen and oxygen atoms in total. The smallest absolute Gasteiger partial charge is 0.313 e. The maximum absolute atomic E-state index is 11.4. The van der Waals surface area contributed by atoms with Crippen LogP contribution in [-0.4, -0.2) is 42.6 Å². The fraction of sp³-hybridized carbons (Fsp3) is 0.423. The molecule has 0 saturated heterocycles. The number of carboxylic acids is 1. The Morgan fingerprint density at radius 2 is 1.24 bits per heavy atom. The van der Waals surface area contributed by atoms with Gasteiger partial charge in [0.1, 0.15) is 12.2 Å². The Labute approximate surface area is 195 Å². The van der Waals surface area contributed by atoms with Gasteiger partial charge in [-0.25, -0.2) is 0 Å². The number of carbonyl (C=O) groups is 3. The quantitative estimate of drug-likeness (QED) is 0.237. The van der Waals surface area contributed by atoms with Crippen LogP contribution in [0.15, 0.2) is 60.7 Å². The minimum Gasteiger partial charge on any atom is -0.481 e. The van der Waals surface area contributed by atoms with Crippen molar-refractivity contribution >= 4 is 17.7 Å². The molecule has 0 amide bonds. The number of Topliss-reactive ketones (excluding diaryl/α,β-unsaturated/α-hetero) is 1. The molecule has 0 aliphatic rings. The molecule has 7 heteroatoms. The summed E-state index contributed by atoms with van der Waals surface area (Å²) in [5.74, 6) is -1.31. The monoisotopic (exact) mass is 458 g/mol. The van der Waals surface area contributed by atoms with E-state index >= 15 is 0 Å². The number of rotatable bonds is 15. The lowest BCUT2D eigenvalue weighted by molar-refractivity contribution is -0.145. The van der Waals surface area contributed by atoms with Gasteiger partial charge in [0.05, 0.1) is 19.8 Å². The van der Waals surface area contributed by atoms with E-state index in [1.807, 2.05) is 60.7 Å². The number of carboxylic acid groups (broad SMARTS) is 1. The Balaban J connectivity index is 0.000000346. The Bertz CT molecular complexity index is 791.